The molecule has 1 rings (SSSR count). The van der Waals surface area contributed by atoms with E-state index >= 15 is 0 Å². The molecule has 1 amide bonds. The molecular weight excluding hydrogens is 299 g/mol. The van der Waals surface area contributed by atoms with Gasteiger partial charge in [-0.05, 0) is 24.0 Å². The lowest BCUT2D eigenvalue weighted by Gasteiger charge is -2.16. The molecule has 0 radical (unpaired) electrons. The highest BCUT2D eigenvalue weighted by Gasteiger charge is 2.30. The maximum absolute atomic E-state index is 12.6. The number of halogens is 3. The van der Waals surface area contributed by atoms with Crippen LogP contribution in [0.5, 0.6) is 0 Å². The lowest BCUT2D eigenvalue weighted by molar-refractivity contribution is -0.142. The molecule has 7 heteroatoms. The Hall–Kier alpha value is -2.05. The van der Waals surface area contributed by atoms with Gasteiger partial charge in [-0.3, -0.25) is 4.79 Å². The third-order valence-corrected chi connectivity index (χ3v) is 2.96. The van der Waals surface area contributed by atoms with Gasteiger partial charge in [-0.15, -0.1) is 0 Å². The Morgan fingerprint density at radius 1 is 1.27 bits per heavy atom. The van der Waals surface area contributed by atoms with E-state index in [2.05, 4.69) is 5.32 Å². The van der Waals surface area contributed by atoms with E-state index in [1.807, 2.05) is 13.8 Å². The van der Waals surface area contributed by atoms with Gasteiger partial charge in [0.15, 0.2) is 0 Å². The Balaban J connectivity index is 2.74. The van der Waals surface area contributed by atoms with Crippen LogP contribution in [-0.2, 0) is 22.2 Å². The molecule has 1 atom stereocenters. The maximum atomic E-state index is 12.6. The van der Waals surface area contributed by atoms with Crippen LogP contribution >= 0.6 is 0 Å². The van der Waals surface area contributed by atoms with Crippen LogP contribution < -0.4 is 5.32 Å². The molecular formula is C15H18F3NO3. The zero-order valence-electron chi connectivity index (χ0n) is 12.3. The highest BCUT2D eigenvalue weighted by atomic mass is 19.4. The number of amides is 1. The minimum Gasteiger partial charge on any atom is -0.480 e. The van der Waals surface area contributed by atoms with E-state index in [1.165, 1.54) is 12.1 Å². The summed E-state index contributed by atoms with van der Waals surface area (Å²) in [5, 5.41) is 11.4. The van der Waals surface area contributed by atoms with Gasteiger partial charge in [0.2, 0.25) is 5.91 Å². The fraction of sp³-hybridized carbons (Fsp3) is 0.467. The number of hydrogen-bond donors (Lipinski definition) is 2. The molecule has 1 aromatic rings. The van der Waals surface area contributed by atoms with Crippen molar-refractivity contribution in [2.45, 2.75) is 38.9 Å². The van der Waals surface area contributed by atoms with Crippen molar-refractivity contribution in [3.05, 3.63) is 35.4 Å². The van der Waals surface area contributed by atoms with Crippen molar-refractivity contribution in [2.75, 3.05) is 0 Å². The average Bonchev–Trinajstić information content (AvgIpc) is 2.36. The molecule has 0 aliphatic heterocycles. The summed E-state index contributed by atoms with van der Waals surface area (Å²) in [6.07, 6.45) is -4.52. The van der Waals surface area contributed by atoms with Crippen molar-refractivity contribution in [3.63, 3.8) is 0 Å². The number of alkyl halides is 3. The average molecular weight is 317 g/mol. The van der Waals surface area contributed by atoms with Crippen LogP contribution in [0.15, 0.2) is 24.3 Å². The second-order valence-corrected chi connectivity index (χ2v) is 5.46. The summed E-state index contributed by atoms with van der Waals surface area (Å²) in [5.74, 6) is -1.71. The molecule has 0 spiro atoms. The SMILES string of the molecule is CC(C)C[C@H](NC(=O)Cc1cccc(C(F)(F)F)c1)C(=O)O. The van der Waals surface area contributed by atoms with E-state index in [9.17, 15) is 22.8 Å². The van der Waals surface area contributed by atoms with Gasteiger partial charge in [-0.2, -0.15) is 13.2 Å². The van der Waals surface area contributed by atoms with Gasteiger partial charge in [0.1, 0.15) is 6.04 Å². The van der Waals surface area contributed by atoms with Crippen LogP contribution in [0.3, 0.4) is 0 Å². The second-order valence-electron chi connectivity index (χ2n) is 5.46. The molecule has 0 unspecified atom stereocenters. The molecule has 0 heterocycles. The predicted molar refractivity (Wildman–Crippen MR) is 74.2 cm³/mol. The molecule has 22 heavy (non-hydrogen) atoms. The molecule has 0 saturated carbocycles. The van der Waals surface area contributed by atoms with Gasteiger partial charge < -0.3 is 10.4 Å². The standard InChI is InChI=1S/C15H18F3NO3/c1-9(2)6-12(14(21)22)19-13(20)8-10-4-3-5-11(7-10)15(16,17)18/h3-5,7,9,12H,6,8H2,1-2H3,(H,19,20)(H,21,22)/t12-/m0/s1. The lowest BCUT2D eigenvalue weighted by atomic mass is 10.0. The van der Waals surface area contributed by atoms with E-state index < -0.39 is 29.7 Å². The van der Waals surface area contributed by atoms with E-state index in [1.54, 1.807) is 0 Å². The van der Waals surface area contributed by atoms with Crippen molar-refractivity contribution in [1.82, 2.24) is 5.32 Å². The van der Waals surface area contributed by atoms with Gasteiger partial charge in [-0.1, -0.05) is 32.0 Å². The summed E-state index contributed by atoms with van der Waals surface area (Å²) in [4.78, 5) is 22.9. The molecule has 0 aliphatic carbocycles. The number of nitrogens with one attached hydrogen (secondary N) is 1. The highest BCUT2D eigenvalue weighted by Crippen LogP contribution is 2.29. The van der Waals surface area contributed by atoms with Crippen LogP contribution in [0, 0.1) is 5.92 Å². The minimum absolute atomic E-state index is 0.0648. The van der Waals surface area contributed by atoms with Crippen LogP contribution in [0.2, 0.25) is 0 Å². The molecule has 4 nitrogen and oxygen atoms in total. The first-order valence-electron chi connectivity index (χ1n) is 6.78. The quantitative estimate of drug-likeness (QED) is 0.848. The highest BCUT2D eigenvalue weighted by molar-refractivity contribution is 5.84. The molecule has 0 aromatic heterocycles. The number of carboxylic acid groups (broad SMARTS) is 1. The Labute approximate surface area is 126 Å². The zero-order valence-corrected chi connectivity index (χ0v) is 12.3. The summed E-state index contributed by atoms with van der Waals surface area (Å²) in [6, 6.07) is 3.37. The monoisotopic (exact) mass is 317 g/mol. The number of aliphatic carboxylic acids is 1. The van der Waals surface area contributed by atoms with E-state index in [-0.39, 0.29) is 24.3 Å². The Morgan fingerprint density at radius 3 is 2.41 bits per heavy atom. The maximum Gasteiger partial charge on any atom is 0.416 e. The van der Waals surface area contributed by atoms with Gasteiger partial charge in [0, 0.05) is 0 Å². The van der Waals surface area contributed by atoms with E-state index in [0.29, 0.717) is 0 Å². The summed E-state index contributed by atoms with van der Waals surface area (Å²) in [7, 11) is 0. The second kappa shape index (κ2) is 7.29. The number of carboxylic acids is 1. The van der Waals surface area contributed by atoms with Gasteiger partial charge in [0.05, 0.1) is 12.0 Å². The normalized spacial score (nSPS) is 13.0. The summed E-state index contributed by atoms with van der Waals surface area (Å²) in [6.45, 7) is 3.63. The molecule has 0 aliphatic rings. The van der Waals surface area contributed by atoms with Crippen molar-refractivity contribution < 1.29 is 27.9 Å². The van der Waals surface area contributed by atoms with Crippen molar-refractivity contribution in [2.24, 2.45) is 5.92 Å². The van der Waals surface area contributed by atoms with Crippen molar-refractivity contribution >= 4 is 11.9 Å². The zero-order chi connectivity index (χ0) is 16.9. The van der Waals surface area contributed by atoms with Crippen LogP contribution in [0.25, 0.3) is 0 Å². The smallest absolute Gasteiger partial charge is 0.416 e. The molecule has 122 valence electrons. The molecule has 0 saturated heterocycles. The van der Waals surface area contributed by atoms with Crippen LogP contribution in [0.1, 0.15) is 31.4 Å². The molecule has 0 fully saturated rings. The third-order valence-electron chi connectivity index (χ3n) is 2.96. The first-order valence-corrected chi connectivity index (χ1v) is 6.78. The third kappa shape index (κ3) is 5.75. The fourth-order valence-corrected chi connectivity index (χ4v) is 1.98. The lowest BCUT2D eigenvalue weighted by Crippen LogP contribution is -2.42. The van der Waals surface area contributed by atoms with Crippen molar-refractivity contribution in [3.8, 4) is 0 Å². The summed E-state index contributed by atoms with van der Waals surface area (Å²) in [5.41, 5.74) is -0.657. The van der Waals surface area contributed by atoms with Crippen LogP contribution in [0.4, 0.5) is 13.2 Å². The molecule has 2 N–H and O–H groups in total. The molecule has 1 aromatic carbocycles. The predicted octanol–water partition coefficient (Wildman–Crippen LogP) is 2.86. The van der Waals surface area contributed by atoms with Crippen LogP contribution in [-0.4, -0.2) is 23.0 Å². The van der Waals surface area contributed by atoms with Gasteiger partial charge in [0.25, 0.3) is 0 Å². The Kier molecular flexibility index (Phi) is 5.96. The minimum atomic E-state index is -4.48. The molecule has 0 bridgehead atoms. The Morgan fingerprint density at radius 2 is 1.91 bits per heavy atom. The number of hydrogen-bond acceptors (Lipinski definition) is 2. The van der Waals surface area contributed by atoms with E-state index in [4.69, 9.17) is 5.11 Å². The van der Waals surface area contributed by atoms with Gasteiger partial charge in [-0.25, -0.2) is 4.79 Å². The number of carbonyl (C=O) groups is 2. The van der Waals surface area contributed by atoms with Gasteiger partial charge >= 0.3 is 12.1 Å². The first kappa shape index (κ1) is 18.0. The first-order chi connectivity index (χ1) is 10.1. The summed E-state index contributed by atoms with van der Waals surface area (Å²) >= 11 is 0. The fourth-order valence-electron chi connectivity index (χ4n) is 1.98. The number of carbonyl (C=O) groups excluding carboxylic acids is 1. The topological polar surface area (TPSA) is 66.4 Å². The van der Waals surface area contributed by atoms with E-state index in [0.717, 1.165) is 12.1 Å². The number of rotatable bonds is 6. The Bertz CT molecular complexity index is 541. The summed E-state index contributed by atoms with van der Waals surface area (Å²) < 4.78 is 37.8. The number of benzene rings is 1. The van der Waals surface area contributed by atoms with Crippen molar-refractivity contribution in [1.29, 1.82) is 0 Å². The largest absolute Gasteiger partial charge is 0.480 e.